The van der Waals surface area contributed by atoms with E-state index in [1.54, 1.807) is 18.2 Å². The van der Waals surface area contributed by atoms with E-state index in [9.17, 15) is 27.6 Å². The highest BCUT2D eigenvalue weighted by molar-refractivity contribution is 8.18. The molecule has 2 aromatic rings. The van der Waals surface area contributed by atoms with Crippen LogP contribution in [0.3, 0.4) is 0 Å². The molecule has 2 fully saturated rings. The van der Waals surface area contributed by atoms with Crippen LogP contribution in [0.15, 0.2) is 41.3 Å². The zero-order valence-corrected chi connectivity index (χ0v) is 21.1. The van der Waals surface area contributed by atoms with Crippen LogP contribution >= 0.6 is 23.4 Å². The first-order valence-corrected chi connectivity index (χ1v) is 12.4. The summed E-state index contributed by atoms with van der Waals surface area (Å²) in [6.45, 7) is 0.699. The number of rotatable bonds is 6. The van der Waals surface area contributed by atoms with Crippen molar-refractivity contribution in [3.63, 3.8) is 0 Å². The Bertz CT molecular complexity index is 1310. The van der Waals surface area contributed by atoms with Gasteiger partial charge in [-0.05, 0) is 60.3 Å². The highest BCUT2D eigenvalue weighted by Gasteiger charge is 2.44. The van der Waals surface area contributed by atoms with E-state index in [1.807, 2.05) is 11.9 Å². The molecule has 2 heterocycles. The maximum absolute atomic E-state index is 13.4. The standard InChI is InChI=1S/C25H22ClF3N4O3S/c1-32-7-6-21(34)20(13-32)33-23(35)22(37-24(33)36)9-14-2-5-19(16(8-14)11-30)31-12-15-3-4-17(26)10-18(15)25(27,28)29/h2-5,8-11,20,30-31H,6-7,12-13H2,1H3/b22-9-,30-11?. The Morgan fingerprint density at radius 2 is 1.95 bits per heavy atom. The topological polar surface area (TPSA) is 93.6 Å². The quantitative estimate of drug-likeness (QED) is 0.375. The molecule has 1 unspecified atom stereocenters. The molecule has 37 heavy (non-hydrogen) atoms. The average Bonchev–Trinajstić information content (AvgIpc) is 3.12. The number of amides is 2. The van der Waals surface area contributed by atoms with E-state index in [0.29, 0.717) is 23.4 Å². The van der Waals surface area contributed by atoms with Crippen molar-refractivity contribution in [3.05, 3.63) is 68.6 Å². The van der Waals surface area contributed by atoms with Gasteiger partial charge in [0.2, 0.25) is 0 Å². The summed E-state index contributed by atoms with van der Waals surface area (Å²) in [7, 11) is 1.82. The third-order valence-corrected chi connectivity index (χ3v) is 7.23. The monoisotopic (exact) mass is 550 g/mol. The van der Waals surface area contributed by atoms with Gasteiger partial charge in [-0.25, -0.2) is 0 Å². The average molecular weight is 551 g/mol. The molecule has 0 aliphatic carbocycles. The van der Waals surface area contributed by atoms with E-state index in [4.69, 9.17) is 17.0 Å². The van der Waals surface area contributed by atoms with Crippen LogP contribution in [0.5, 0.6) is 0 Å². The molecule has 0 aromatic heterocycles. The van der Waals surface area contributed by atoms with E-state index in [1.165, 1.54) is 18.2 Å². The van der Waals surface area contributed by atoms with E-state index in [-0.39, 0.29) is 40.8 Å². The summed E-state index contributed by atoms with van der Waals surface area (Å²) in [6, 6.07) is 7.49. The molecule has 2 aromatic carbocycles. The number of halogens is 4. The van der Waals surface area contributed by atoms with Gasteiger partial charge in [0, 0.05) is 48.5 Å². The van der Waals surface area contributed by atoms with Gasteiger partial charge in [-0.2, -0.15) is 13.2 Å². The molecular formula is C25H22ClF3N4O3S. The Hall–Kier alpha value is -3.15. The molecule has 0 spiro atoms. The summed E-state index contributed by atoms with van der Waals surface area (Å²) in [6.07, 6.45) is -1.77. The number of imide groups is 1. The van der Waals surface area contributed by atoms with Gasteiger partial charge in [0.25, 0.3) is 11.1 Å². The fraction of sp³-hybridized carbons (Fsp3) is 0.280. The zero-order valence-electron chi connectivity index (χ0n) is 19.6. The lowest BCUT2D eigenvalue weighted by Crippen LogP contribution is -2.53. The van der Waals surface area contributed by atoms with Crippen molar-refractivity contribution in [3.8, 4) is 0 Å². The van der Waals surface area contributed by atoms with Gasteiger partial charge >= 0.3 is 6.18 Å². The highest BCUT2D eigenvalue weighted by atomic mass is 35.5. The van der Waals surface area contributed by atoms with Crippen LogP contribution in [0, 0.1) is 5.41 Å². The number of alkyl halides is 3. The van der Waals surface area contributed by atoms with Crippen LogP contribution in [0.25, 0.3) is 6.08 Å². The van der Waals surface area contributed by atoms with E-state index < -0.39 is 28.9 Å². The number of hydrogen-bond acceptors (Lipinski definition) is 7. The molecule has 7 nitrogen and oxygen atoms in total. The molecule has 2 N–H and O–H groups in total. The van der Waals surface area contributed by atoms with Crippen LogP contribution in [0.1, 0.15) is 28.7 Å². The molecule has 2 saturated heterocycles. The maximum Gasteiger partial charge on any atom is 0.416 e. The van der Waals surface area contributed by atoms with Gasteiger partial charge in [0.15, 0.2) is 5.78 Å². The molecule has 0 bridgehead atoms. The van der Waals surface area contributed by atoms with Crippen molar-refractivity contribution in [2.45, 2.75) is 25.2 Å². The molecule has 4 rings (SSSR count). The first-order valence-electron chi connectivity index (χ1n) is 11.2. The molecule has 2 amide bonds. The summed E-state index contributed by atoms with van der Waals surface area (Å²) in [5.74, 6) is -0.706. The Labute approximate surface area is 220 Å². The second-order valence-electron chi connectivity index (χ2n) is 8.69. The summed E-state index contributed by atoms with van der Waals surface area (Å²) >= 11 is 6.48. The van der Waals surface area contributed by atoms with E-state index in [2.05, 4.69) is 5.32 Å². The van der Waals surface area contributed by atoms with Crippen molar-refractivity contribution in [1.29, 1.82) is 5.41 Å². The smallest absolute Gasteiger partial charge is 0.380 e. The van der Waals surface area contributed by atoms with Crippen LogP contribution < -0.4 is 5.32 Å². The lowest BCUT2D eigenvalue weighted by atomic mass is 10.0. The fourth-order valence-electron chi connectivity index (χ4n) is 4.19. The lowest BCUT2D eigenvalue weighted by Gasteiger charge is -2.32. The molecule has 12 heteroatoms. The van der Waals surface area contributed by atoms with Crippen LogP contribution in [-0.4, -0.2) is 59.1 Å². The number of nitrogens with zero attached hydrogens (tertiary/aromatic N) is 2. The Kier molecular flexibility index (Phi) is 7.77. The Balaban J connectivity index is 1.53. The number of hydrogen-bond donors (Lipinski definition) is 2. The molecule has 0 radical (unpaired) electrons. The lowest BCUT2D eigenvalue weighted by molar-refractivity contribution is -0.138. The number of piperidine rings is 1. The highest BCUT2D eigenvalue weighted by Crippen LogP contribution is 2.36. The number of benzene rings is 2. The summed E-state index contributed by atoms with van der Waals surface area (Å²) in [5, 5.41) is 10.1. The number of likely N-dealkylation sites (tertiary alicyclic amines) is 1. The summed E-state index contributed by atoms with van der Waals surface area (Å²) in [5.41, 5.74) is 0.454. The number of nitrogens with one attached hydrogen (secondary N) is 2. The van der Waals surface area contributed by atoms with E-state index >= 15 is 0 Å². The minimum Gasteiger partial charge on any atom is -0.380 e. The third-order valence-electron chi connectivity index (χ3n) is 6.11. The first kappa shape index (κ1) is 26.9. The molecule has 1 atom stereocenters. The van der Waals surface area contributed by atoms with Crippen molar-refractivity contribution in [2.75, 3.05) is 25.5 Å². The fourth-order valence-corrected chi connectivity index (χ4v) is 5.24. The van der Waals surface area contributed by atoms with Gasteiger partial charge in [0.1, 0.15) is 6.04 Å². The van der Waals surface area contributed by atoms with Crippen LogP contribution in [0.4, 0.5) is 23.7 Å². The minimum absolute atomic E-state index is 0.00603. The first-order chi connectivity index (χ1) is 17.5. The Morgan fingerprint density at radius 3 is 2.65 bits per heavy atom. The maximum atomic E-state index is 13.4. The van der Waals surface area contributed by atoms with E-state index in [0.717, 1.165) is 28.9 Å². The Morgan fingerprint density at radius 1 is 1.19 bits per heavy atom. The zero-order chi connectivity index (χ0) is 26.9. The summed E-state index contributed by atoms with van der Waals surface area (Å²) < 4.78 is 40.2. The molecule has 2 aliphatic heterocycles. The number of carbonyl (C=O) groups excluding carboxylic acids is 3. The minimum atomic E-state index is -4.57. The van der Waals surface area contributed by atoms with Gasteiger partial charge in [-0.1, -0.05) is 23.7 Å². The number of carbonyl (C=O) groups is 3. The molecule has 0 saturated carbocycles. The third kappa shape index (κ3) is 5.89. The van der Waals surface area contributed by atoms with Gasteiger partial charge in [-0.15, -0.1) is 0 Å². The van der Waals surface area contributed by atoms with Crippen molar-refractivity contribution >= 4 is 58.3 Å². The normalized spacial score (nSPS) is 20.1. The molecule has 194 valence electrons. The number of ketones is 1. The van der Waals surface area contributed by atoms with Crippen LogP contribution in [0.2, 0.25) is 5.02 Å². The second-order valence-corrected chi connectivity index (χ2v) is 10.1. The SMILES string of the molecule is CN1CCC(=O)C(N2C(=O)S/C(=C\c3ccc(NCc4ccc(Cl)cc4C(F)(F)F)c(C=N)c3)C2=O)C1. The van der Waals surface area contributed by atoms with Crippen molar-refractivity contribution < 1.29 is 27.6 Å². The number of likely N-dealkylation sites (N-methyl/N-ethyl adjacent to an activating group) is 1. The van der Waals surface area contributed by atoms with Gasteiger partial charge in [-0.3, -0.25) is 19.3 Å². The number of thioether (sulfide) groups is 1. The molecular weight excluding hydrogens is 529 g/mol. The van der Waals surface area contributed by atoms with Gasteiger partial charge in [0.05, 0.1) is 10.5 Å². The molecule has 2 aliphatic rings. The van der Waals surface area contributed by atoms with Crippen molar-refractivity contribution in [1.82, 2.24) is 9.80 Å². The largest absolute Gasteiger partial charge is 0.416 e. The number of anilines is 1. The predicted octanol–water partition coefficient (Wildman–Crippen LogP) is 5.28. The van der Waals surface area contributed by atoms with Gasteiger partial charge < -0.3 is 15.6 Å². The predicted molar refractivity (Wildman–Crippen MR) is 137 cm³/mol. The second kappa shape index (κ2) is 10.7. The van der Waals surface area contributed by atoms with Crippen LogP contribution in [-0.2, 0) is 22.3 Å². The number of Topliss-reactive ketones (excluding diaryl/α,β-unsaturated/α-hetero) is 1. The van der Waals surface area contributed by atoms with Crippen molar-refractivity contribution in [2.24, 2.45) is 0 Å². The summed E-state index contributed by atoms with van der Waals surface area (Å²) in [4.78, 5) is 41.0.